The average Bonchev–Trinajstić information content (AvgIpc) is 2.97. The van der Waals surface area contributed by atoms with E-state index in [1.54, 1.807) is 31.2 Å². The minimum absolute atomic E-state index is 0.117. The van der Waals surface area contributed by atoms with E-state index in [0.717, 1.165) is 5.56 Å². The predicted octanol–water partition coefficient (Wildman–Crippen LogP) is 3.00. The third kappa shape index (κ3) is 3.44. The summed E-state index contributed by atoms with van der Waals surface area (Å²) in [5.41, 5.74) is 1.13. The summed E-state index contributed by atoms with van der Waals surface area (Å²) >= 11 is 0. The number of carbonyl (C=O) groups is 1. The summed E-state index contributed by atoms with van der Waals surface area (Å²) in [5, 5.41) is 6.01. The molecule has 1 aromatic heterocycles. The lowest BCUT2D eigenvalue weighted by Crippen LogP contribution is -2.27. The Morgan fingerprint density at radius 1 is 1.32 bits per heavy atom. The lowest BCUT2D eigenvalue weighted by Gasteiger charge is -2.11. The highest BCUT2D eigenvalue weighted by molar-refractivity contribution is 5.83. The van der Waals surface area contributed by atoms with Crippen LogP contribution in [0.2, 0.25) is 0 Å². The lowest BCUT2D eigenvalue weighted by molar-refractivity contribution is -0.159. The Labute approximate surface area is 124 Å². The first-order valence-corrected chi connectivity index (χ1v) is 6.62. The van der Waals surface area contributed by atoms with Crippen LogP contribution in [0.5, 0.6) is 0 Å². The number of likely N-dealkylation sites (N-methyl/N-ethyl adjacent to an activating group) is 1. The number of benzene rings is 1. The third-order valence-electron chi connectivity index (χ3n) is 3.08. The SMILES string of the molecule is CCNC(=O)C(C)c1ccc(-c2noc(C(F)(F)F)n2)cc1. The molecule has 1 N–H and O–H groups in total. The summed E-state index contributed by atoms with van der Waals surface area (Å²) in [6, 6.07) is 6.41. The first-order valence-electron chi connectivity index (χ1n) is 6.62. The Bertz CT molecular complexity index is 650. The molecule has 0 aliphatic carbocycles. The van der Waals surface area contributed by atoms with Gasteiger partial charge in [-0.15, -0.1) is 0 Å². The number of aromatic nitrogens is 2. The van der Waals surface area contributed by atoms with Crippen LogP contribution in [0.3, 0.4) is 0 Å². The summed E-state index contributed by atoms with van der Waals surface area (Å²) in [4.78, 5) is 15.0. The molecule has 1 heterocycles. The molecule has 2 rings (SSSR count). The second-order valence-corrected chi connectivity index (χ2v) is 4.66. The quantitative estimate of drug-likeness (QED) is 0.942. The standard InChI is InChI=1S/C14H14F3N3O2/c1-3-18-12(21)8(2)9-4-6-10(7-5-9)11-19-13(22-20-11)14(15,16)17/h4-8H,3H2,1-2H3,(H,18,21). The van der Waals surface area contributed by atoms with Crippen LogP contribution >= 0.6 is 0 Å². The molecule has 22 heavy (non-hydrogen) atoms. The molecule has 8 heteroatoms. The van der Waals surface area contributed by atoms with Gasteiger partial charge in [0.2, 0.25) is 11.7 Å². The number of nitrogens with one attached hydrogen (secondary N) is 1. The maximum Gasteiger partial charge on any atom is 0.471 e. The molecule has 1 atom stereocenters. The first kappa shape index (κ1) is 16.0. The van der Waals surface area contributed by atoms with E-state index in [0.29, 0.717) is 12.1 Å². The predicted molar refractivity (Wildman–Crippen MR) is 71.8 cm³/mol. The summed E-state index contributed by atoms with van der Waals surface area (Å²) in [7, 11) is 0. The Kier molecular flexibility index (Phi) is 4.48. The van der Waals surface area contributed by atoms with Crippen LogP contribution in [-0.4, -0.2) is 22.6 Å². The first-order chi connectivity index (χ1) is 10.3. The highest BCUT2D eigenvalue weighted by Crippen LogP contribution is 2.29. The van der Waals surface area contributed by atoms with Crippen molar-refractivity contribution in [1.29, 1.82) is 0 Å². The second kappa shape index (κ2) is 6.17. The van der Waals surface area contributed by atoms with Gasteiger partial charge in [0.15, 0.2) is 0 Å². The van der Waals surface area contributed by atoms with Crippen molar-refractivity contribution in [2.75, 3.05) is 6.54 Å². The molecule has 1 amide bonds. The van der Waals surface area contributed by atoms with Crippen LogP contribution in [0.4, 0.5) is 13.2 Å². The molecular weight excluding hydrogens is 299 g/mol. The van der Waals surface area contributed by atoms with Gasteiger partial charge in [0.1, 0.15) is 0 Å². The maximum absolute atomic E-state index is 12.4. The van der Waals surface area contributed by atoms with Crippen molar-refractivity contribution < 1.29 is 22.5 Å². The van der Waals surface area contributed by atoms with E-state index in [4.69, 9.17) is 0 Å². The minimum atomic E-state index is -4.67. The summed E-state index contributed by atoms with van der Waals surface area (Å²) in [6.45, 7) is 4.10. The molecule has 2 aromatic rings. The number of alkyl halides is 3. The summed E-state index contributed by atoms with van der Waals surface area (Å²) < 4.78 is 41.4. The molecule has 0 aliphatic heterocycles. The number of nitrogens with zero attached hydrogens (tertiary/aromatic N) is 2. The minimum Gasteiger partial charge on any atom is -0.356 e. The van der Waals surface area contributed by atoms with Gasteiger partial charge in [0.25, 0.3) is 0 Å². The van der Waals surface area contributed by atoms with Crippen LogP contribution in [-0.2, 0) is 11.0 Å². The number of hydrogen-bond donors (Lipinski definition) is 1. The number of amides is 1. The smallest absolute Gasteiger partial charge is 0.356 e. The maximum atomic E-state index is 12.4. The van der Waals surface area contributed by atoms with Gasteiger partial charge in [-0.3, -0.25) is 4.79 Å². The Hall–Kier alpha value is -2.38. The van der Waals surface area contributed by atoms with Crippen LogP contribution in [0.15, 0.2) is 28.8 Å². The monoisotopic (exact) mass is 313 g/mol. The van der Waals surface area contributed by atoms with E-state index in [1.165, 1.54) is 0 Å². The number of carbonyl (C=O) groups excluding carboxylic acids is 1. The summed E-state index contributed by atoms with van der Waals surface area (Å²) in [6.07, 6.45) is -4.67. The van der Waals surface area contributed by atoms with Crippen LogP contribution < -0.4 is 5.32 Å². The topological polar surface area (TPSA) is 68.0 Å². The molecule has 0 fully saturated rings. The lowest BCUT2D eigenvalue weighted by atomic mass is 9.99. The van der Waals surface area contributed by atoms with Crippen LogP contribution in [0, 0.1) is 0 Å². The molecule has 1 aromatic carbocycles. The van der Waals surface area contributed by atoms with E-state index < -0.39 is 12.1 Å². The average molecular weight is 313 g/mol. The van der Waals surface area contributed by atoms with Gasteiger partial charge >= 0.3 is 12.1 Å². The van der Waals surface area contributed by atoms with Gasteiger partial charge in [-0.1, -0.05) is 29.4 Å². The largest absolute Gasteiger partial charge is 0.471 e. The molecule has 118 valence electrons. The van der Waals surface area contributed by atoms with Gasteiger partial charge in [-0.05, 0) is 19.4 Å². The normalized spacial score (nSPS) is 13.0. The fraction of sp³-hybridized carbons (Fsp3) is 0.357. The second-order valence-electron chi connectivity index (χ2n) is 4.66. The van der Waals surface area contributed by atoms with Gasteiger partial charge in [0.05, 0.1) is 5.92 Å². The molecule has 0 spiro atoms. The van der Waals surface area contributed by atoms with Crippen LogP contribution in [0.1, 0.15) is 31.2 Å². The van der Waals surface area contributed by atoms with Gasteiger partial charge in [-0.2, -0.15) is 18.2 Å². The van der Waals surface area contributed by atoms with Gasteiger partial charge in [0, 0.05) is 12.1 Å². The zero-order chi connectivity index (χ0) is 16.3. The van der Waals surface area contributed by atoms with Crippen molar-refractivity contribution in [3.8, 4) is 11.4 Å². The van der Waals surface area contributed by atoms with Crippen molar-refractivity contribution in [3.05, 3.63) is 35.7 Å². The Balaban J connectivity index is 2.18. The van der Waals surface area contributed by atoms with E-state index >= 15 is 0 Å². The fourth-order valence-corrected chi connectivity index (χ4v) is 1.86. The van der Waals surface area contributed by atoms with Crippen molar-refractivity contribution in [1.82, 2.24) is 15.5 Å². The molecule has 0 radical (unpaired) electrons. The highest BCUT2D eigenvalue weighted by Gasteiger charge is 2.38. The molecule has 0 saturated carbocycles. The molecule has 0 aliphatic rings. The molecule has 0 bridgehead atoms. The van der Waals surface area contributed by atoms with Crippen molar-refractivity contribution in [3.63, 3.8) is 0 Å². The zero-order valence-electron chi connectivity index (χ0n) is 11.9. The van der Waals surface area contributed by atoms with E-state index in [9.17, 15) is 18.0 Å². The van der Waals surface area contributed by atoms with E-state index in [1.807, 2.05) is 6.92 Å². The van der Waals surface area contributed by atoms with E-state index in [-0.39, 0.29) is 17.6 Å². The highest BCUT2D eigenvalue weighted by atomic mass is 19.4. The van der Waals surface area contributed by atoms with Gasteiger partial charge < -0.3 is 9.84 Å². The van der Waals surface area contributed by atoms with Gasteiger partial charge in [-0.25, -0.2) is 0 Å². The number of halogens is 3. The molecular formula is C14H14F3N3O2. The summed E-state index contributed by atoms with van der Waals surface area (Å²) in [5.74, 6) is -2.01. The third-order valence-corrected chi connectivity index (χ3v) is 3.08. The molecule has 1 unspecified atom stereocenters. The Morgan fingerprint density at radius 3 is 2.45 bits per heavy atom. The Morgan fingerprint density at radius 2 is 1.95 bits per heavy atom. The molecule has 5 nitrogen and oxygen atoms in total. The van der Waals surface area contributed by atoms with Crippen molar-refractivity contribution in [2.45, 2.75) is 25.9 Å². The van der Waals surface area contributed by atoms with Crippen molar-refractivity contribution >= 4 is 5.91 Å². The van der Waals surface area contributed by atoms with Crippen molar-refractivity contribution in [2.24, 2.45) is 0 Å². The number of hydrogen-bond acceptors (Lipinski definition) is 4. The zero-order valence-corrected chi connectivity index (χ0v) is 11.9. The number of rotatable bonds is 4. The molecule has 0 saturated heterocycles. The van der Waals surface area contributed by atoms with E-state index in [2.05, 4.69) is 20.0 Å². The van der Waals surface area contributed by atoms with Crippen LogP contribution in [0.25, 0.3) is 11.4 Å². The fourth-order valence-electron chi connectivity index (χ4n) is 1.86.